The molecule has 1 N–H and O–H groups in total. The van der Waals surface area contributed by atoms with Crippen molar-refractivity contribution >= 4 is 28.1 Å². The van der Waals surface area contributed by atoms with Gasteiger partial charge in [0.25, 0.3) is 0 Å². The number of anilines is 1. The van der Waals surface area contributed by atoms with E-state index in [0.717, 1.165) is 23.7 Å². The number of rotatable bonds is 5. The Balaban J connectivity index is 2.58. The van der Waals surface area contributed by atoms with Crippen LogP contribution in [-0.2, 0) is 6.42 Å². The third kappa shape index (κ3) is 3.46. The Morgan fingerprint density at radius 3 is 2.79 bits per heavy atom. The summed E-state index contributed by atoms with van der Waals surface area (Å²) in [5, 5.41) is 6.49. The highest BCUT2D eigenvalue weighted by Gasteiger charge is 2.17. The highest BCUT2D eigenvalue weighted by molar-refractivity contribution is 7.13. The normalized spacial score (nSPS) is 11.7. The van der Waals surface area contributed by atoms with E-state index in [0.29, 0.717) is 5.88 Å². The maximum atomic E-state index is 5.73. The molecule has 80 valence electrons. The van der Waals surface area contributed by atoms with Crippen LogP contribution in [0.3, 0.4) is 0 Å². The van der Waals surface area contributed by atoms with Crippen LogP contribution in [0.25, 0.3) is 0 Å². The summed E-state index contributed by atoms with van der Waals surface area (Å²) in [6, 6.07) is 0. The smallest absolute Gasteiger partial charge is 0.183 e. The highest BCUT2D eigenvalue weighted by Crippen LogP contribution is 2.22. The van der Waals surface area contributed by atoms with Crippen molar-refractivity contribution in [3.05, 3.63) is 11.1 Å². The summed E-state index contributed by atoms with van der Waals surface area (Å²) in [4.78, 5) is 4.46. The number of aryl methyl sites for hydroxylation is 1. The van der Waals surface area contributed by atoms with Crippen molar-refractivity contribution in [2.45, 2.75) is 39.2 Å². The lowest BCUT2D eigenvalue weighted by atomic mass is 10.0. The van der Waals surface area contributed by atoms with E-state index < -0.39 is 0 Å². The van der Waals surface area contributed by atoms with E-state index in [1.807, 2.05) is 0 Å². The monoisotopic (exact) mass is 232 g/mol. The zero-order chi connectivity index (χ0) is 10.6. The molecule has 1 aromatic rings. The number of alkyl halides is 1. The Kier molecular flexibility index (Phi) is 4.20. The first kappa shape index (κ1) is 11.8. The second kappa shape index (κ2) is 4.99. The van der Waals surface area contributed by atoms with Gasteiger partial charge in [0.05, 0.1) is 5.69 Å². The fraction of sp³-hybridized carbons (Fsp3) is 0.700. The number of hydrogen-bond acceptors (Lipinski definition) is 3. The molecule has 0 saturated carbocycles. The SMILES string of the molecule is CCc1csc(NC(C)(C)CCCl)n1. The van der Waals surface area contributed by atoms with E-state index in [4.69, 9.17) is 11.6 Å². The van der Waals surface area contributed by atoms with E-state index in [1.165, 1.54) is 0 Å². The van der Waals surface area contributed by atoms with E-state index in [9.17, 15) is 0 Å². The minimum Gasteiger partial charge on any atom is -0.357 e. The van der Waals surface area contributed by atoms with Crippen LogP contribution < -0.4 is 5.32 Å². The molecule has 14 heavy (non-hydrogen) atoms. The molecule has 0 aliphatic heterocycles. The van der Waals surface area contributed by atoms with E-state index in [2.05, 4.69) is 36.5 Å². The van der Waals surface area contributed by atoms with Crippen LogP contribution in [0.2, 0.25) is 0 Å². The molecule has 0 spiro atoms. The fourth-order valence-electron chi connectivity index (χ4n) is 1.11. The van der Waals surface area contributed by atoms with Crippen molar-refractivity contribution < 1.29 is 0 Å². The van der Waals surface area contributed by atoms with Gasteiger partial charge >= 0.3 is 0 Å². The van der Waals surface area contributed by atoms with Crippen molar-refractivity contribution in [1.82, 2.24) is 4.98 Å². The largest absolute Gasteiger partial charge is 0.357 e. The molecule has 1 aromatic heterocycles. The van der Waals surface area contributed by atoms with Crippen LogP contribution in [0, 0.1) is 0 Å². The number of nitrogens with one attached hydrogen (secondary N) is 1. The molecule has 2 nitrogen and oxygen atoms in total. The third-order valence-electron chi connectivity index (χ3n) is 2.08. The Bertz CT molecular complexity index is 283. The van der Waals surface area contributed by atoms with Gasteiger partial charge in [-0.25, -0.2) is 4.98 Å². The topological polar surface area (TPSA) is 24.9 Å². The Labute approximate surface area is 94.7 Å². The standard InChI is InChI=1S/C10H17ClN2S/c1-4-8-7-14-9(12-8)13-10(2,3)5-6-11/h7H,4-6H2,1-3H3,(H,12,13). The number of halogens is 1. The van der Waals surface area contributed by atoms with Gasteiger partial charge in [-0.3, -0.25) is 0 Å². The maximum absolute atomic E-state index is 5.73. The summed E-state index contributed by atoms with van der Waals surface area (Å²) in [5.74, 6) is 0.673. The van der Waals surface area contributed by atoms with Crippen LogP contribution in [0.1, 0.15) is 32.9 Å². The predicted octanol–water partition coefficient (Wildman–Crippen LogP) is 3.52. The average molecular weight is 233 g/mol. The molecule has 1 rings (SSSR count). The van der Waals surface area contributed by atoms with Crippen LogP contribution >= 0.6 is 22.9 Å². The van der Waals surface area contributed by atoms with Gasteiger partial charge in [0.2, 0.25) is 0 Å². The zero-order valence-corrected chi connectivity index (χ0v) is 10.5. The molecule has 0 aliphatic carbocycles. The second-order valence-electron chi connectivity index (χ2n) is 3.95. The molecular weight excluding hydrogens is 216 g/mol. The minimum atomic E-state index is 0.0324. The van der Waals surface area contributed by atoms with E-state index in [1.54, 1.807) is 11.3 Å². The number of thiazole rings is 1. The van der Waals surface area contributed by atoms with Gasteiger partial charge < -0.3 is 5.32 Å². The lowest BCUT2D eigenvalue weighted by molar-refractivity contribution is 0.550. The zero-order valence-electron chi connectivity index (χ0n) is 8.93. The highest BCUT2D eigenvalue weighted by atomic mass is 35.5. The molecular formula is C10H17ClN2S. The first-order chi connectivity index (χ1) is 6.57. The average Bonchev–Trinajstić information content (AvgIpc) is 2.51. The summed E-state index contributed by atoms with van der Waals surface area (Å²) < 4.78 is 0. The molecule has 0 radical (unpaired) electrons. The molecule has 0 aromatic carbocycles. The Hall–Kier alpha value is -0.280. The molecule has 0 unspecified atom stereocenters. The van der Waals surface area contributed by atoms with Crippen molar-refractivity contribution in [3.8, 4) is 0 Å². The van der Waals surface area contributed by atoms with Gasteiger partial charge in [-0.05, 0) is 26.7 Å². The van der Waals surface area contributed by atoms with Gasteiger partial charge in [0.1, 0.15) is 0 Å². The van der Waals surface area contributed by atoms with Crippen LogP contribution in [0.15, 0.2) is 5.38 Å². The van der Waals surface area contributed by atoms with Gasteiger partial charge in [-0.2, -0.15) is 0 Å². The van der Waals surface area contributed by atoms with E-state index in [-0.39, 0.29) is 5.54 Å². The summed E-state index contributed by atoms with van der Waals surface area (Å²) in [6.45, 7) is 6.40. The molecule has 0 aliphatic rings. The molecule has 1 heterocycles. The van der Waals surface area contributed by atoms with E-state index >= 15 is 0 Å². The van der Waals surface area contributed by atoms with Gasteiger partial charge in [-0.15, -0.1) is 22.9 Å². The van der Waals surface area contributed by atoms with Gasteiger partial charge in [0, 0.05) is 16.8 Å². The Morgan fingerprint density at radius 2 is 2.29 bits per heavy atom. The van der Waals surface area contributed by atoms with Crippen molar-refractivity contribution in [2.24, 2.45) is 0 Å². The molecule has 0 bridgehead atoms. The second-order valence-corrected chi connectivity index (χ2v) is 5.18. The van der Waals surface area contributed by atoms with Crippen LogP contribution in [0.5, 0.6) is 0 Å². The molecule has 0 saturated heterocycles. The first-order valence-corrected chi connectivity index (χ1v) is 6.27. The number of hydrogen-bond donors (Lipinski definition) is 1. The minimum absolute atomic E-state index is 0.0324. The predicted molar refractivity (Wildman–Crippen MR) is 64.5 cm³/mol. The van der Waals surface area contributed by atoms with Crippen LogP contribution in [-0.4, -0.2) is 16.4 Å². The van der Waals surface area contributed by atoms with Crippen LogP contribution in [0.4, 0.5) is 5.13 Å². The Morgan fingerprint density at radius 1 is 1.57 bits per heavy atom. The maximum Gasteiger partial charge on any atom is 0.183 e. The molecule has 4 heteroatoms. The van der Waals surface area contributed by atoms with Gasteiger partial charge in [-0.1, -0.05) is 6.92 Å². The molecule has 0 atom stereocenters. The lowest BCUT2D eigenvalue weighted by Crippen LogP contribution is -2.31. The molecule has 0 fully saturated rings. The summed E-state index contributed by atoms with van der Waals surface area (Å²) in [6.07, 6.45) is 1.93. The quantitative estimate of drug-likeness (QED) is 0.786. The summed E-state index contributed by atoms with van der Waals surface area (Å²) >= 11 is 7.39. The van der Waals surface area contributed by atoms with Crippen molar-refractivity contribution in [1.29, 1.82) is 0 Å². The first-order valence-electron chi connectivity index (χ1n) is 4.86. The third-order valence-corrected chi connectivity index (χ3v) is 3.07. The fourth-order valence-corrected chi connectivity index (χ4v) is 2.56. The molecule has 0 amide bonds. The number of nitrogens with zero attached hydrogens (tertiary/aromatic N) is 1. The van der Waals surface area contributed by atoms with Gasteiger partial charge in [0.15, 0.2) is 5.13 Å². The number of aromatic nitrogens is 1. The lowest BCUT2D eigenvalue weighted by Gasteiger charge is -2.24. The van der Waals surface area contributed by atoms with Crippen molar-refractivity contribution in [3.63, 3.8) is 0 Å². The van der Waals surface area contributed by atoms with Crippen molar-refractivity contribution in [2.75, 3.05) is 11.2 Å². The summed E-state index contributed by atoms with van der Waals surface area (Å²) in [5.41, 5.74) is 1.18. The summed E-state index contributed by atoms with van der Waals surface area (Å²) in [7, 11) is 0.